The van der Waals surface area contributed by atoms with E-state index in [1.54, 1.807) is 6.07 Å². The number of hydrogen-bond donors (Lipinski definition) is 2. The Hall–Kier alpha value is -3.23. The van der Waals surface area contributed by atoms with Crippen molar-refractivity contribution in [2.24, 2.45) is 0 Å². The molecule has 0 saturated heterocycles. The highest BCUT2D eigenvalue weighted by Crippen LogP contribution is 2.19. The zero-order chi connectivity index (χ0) is 20.3. The summed E-state index contributed by atoms with van der Waals surface area (Å²) in [7, 11) is 3.83. The van der Waals surface area contributed by atoms with Crippen LogP contribution in [0.2, 0.25) is 0 Å². The fourth-order valence-corrected chi connectivity index (χ4v) is 3.05. The van der Waals surface area contributed by atoms with Crippen LogP contribution in [0.4, 0.5) is 5.69 Å². The number of aromatic nitrogens is 4. The van der Waals surface area contributed by atoms with Gasteiger partial charge in [0.1, 0.15) is 0 Å². The highest BCUT2D eigenvalue weighted by molar-refractivity contribution is 5.85. The van der Waals surface area contributed by atoms with Gasteiger partial charge in [0.2, 0.25) is 0 Å². The summed E-state index contributed by atoms with van der Waals surface area (Å²) in [6.07, 6.45) is 2.82. The predicted molar refractivity (Wildman–Crippen MR) is 107 cm³/mol. The Morgan fingerprint density at radius 3 is 2.57 bits per heavy atom. The van der Waals surface area contributed by atoms with Gasteiger partial charge in [-0.05, 0) is 31.0 Å². The number of H-pyrrole nitrogens is 1. The zero-order valence-corrected chi connectivity index (χ0v) is 15.9. The van der Waals surface area contributed by atoms with Gasteiger partial charge in [0, 0.05) is 32.7 Å². The van der Waals surface area contributed by atoms with Gasteiger partial charge in [-0.15, -0.1) is 0 Å². The molecule has 2 heterocycles. The Morgan fingerprint density at radius 2 is 1.86 bits per heavy atom. The van der Waals surface area contributed by atoms with E-state index in [4.69, 9.17) is 5.11 Å². The van der Waals surface area contributed by atoms with E-state index in [1.807, 2.05) is 31.1 Å². The minimum absolute atomic E-state index is 0.134. The fourth-order valence-electron chi connectivity index (χ4n) is 3.05. The zero-order valence-electron chi connectivity index (χ0n) is 15.9. The number of carbonyl (C=O) groups is 1. The number of carboxylic acid groups (broad SMARTS) is 1. The van der Waals surface area contributed by atoms with Crippen LogP contribution in [-0.4, -0.2) is 44.7 Å². The summed E-state index contributed by atoms with van der Waals surface area (Å²) >= 11 is 0. The first-order valence-corrected chi connectivity index (χ1v) is 9.20. The highest BCUT2D eigenvalue weighted by Gasteiger charge is 2.12. The number of aliphatic carboxylic acids is 1. The third-order valence-electron chi connectivity index (χ3n) is 4.60. The van der Waals surface area contributed by atoms with Gasteiger partial charge in [0.15, 0.2) is 11.2 Å². The monoisotopic (exact) mass is 385 g/mol. The summed E-state index contributed by atoms with van der Waals surface area (Å²) in [5.41, 5.74) is 1.47. The van der Waals surface area contributed by atoms with Crippen molar-refractivity contribution in [3.8, 4) is 0 Å². The Bertz CT molecular complexity index is 1130. The average molecular weight is 385 g/mol. The summed E-state index contributed by atoms with van der Waals surface area (Å²) in [5.74, 6) is -0.814. The largest absolute Gasteiger partial charge is 0.481 e. The lowest BCUT2D eigenvalue weighted by Gasteiger charge is -2.12. The van der Waals surface area contributed by atoms with E-state index < -0.39 is 17.2 Å². The number of aromatic amines is 1. The first-order valence-electron chi connectivity index (χ1n) is 9.20. The van der Waals surface area contributed by atoms with E-state index in [9.17, 15) is 14.4 Å². The average Bonchev–Trinajstić information content (AvgIpc) is 2.64. The van der Waals surface area contributed by atoms with Crippen LogP contribution in [0.25, 0.3) is 22.2 Å². The van der Waals surface area contributed by atoms with Crippen LogP contribution in [0.5, 0.6) is 0 Å². The quantitative estimate of drug-likeness (QED) is 0.447. The van der Waals surface area contributed by atoms with Crippen LogP contribution in [-0.2, 0) is 11.3 Å². The smallest absolute Gasteiger partial charge is 0.330 e. The molecule has 0 fully saturated rings. The predicted octanol–water partition coefficient (Wildman–Crippen LogP) is 1.73. The maximum Gasteiger partial charge on any atom is 0.330 e. The fraction of sp³-hybridized carbons (Fsp3) is 0.421. The molecule has 0 amide bonds. The second-order valence-corrected chi connectivity index (χ2v) is 6.93. The van der Waals surface area contributed by atoms with Crippen LogP contribution in [0.3, 0.4) is 0 Å². The Balaban J connectivity index is 1.86. The second kappa shape index (κ2) is 8.20. The Kier molecular flexibility index (Phi) is 5.72. The van der Waals surface area contributed by atoms with Crippen molar-refractivity contribution in [2.45, 2.75) is 38.6 Å². The van der Waals surface area contributed by atoms with Gasteiger partial charge < -0.3 is 10.0 Å². The first-order chi connectivity index (χ1) is 13.4. The van der Waals surface area contributed by atoms with Crippen molar-refractivity contribution < 1.29 is 9.90 Å². The number of anilines is 1. The molecular weight excluding hydrogens is 362 g/mol. The lowest BCUT2D eigenvalue weighted by atomic mass is 10.1. The van der Waals surface area contributed by atoms with Gasteiger partial charge in [0.05, 0.1) is 11.0 Å². The Morgan fingerprint density at radius 1 is 1.11 bits per heavy atom. The standard InChI is InChI=1S/C19H23N5O4/c1-23(2)12-8-9-13-14(11-12)21-17-16(20-13)18(27)24(19(28)22-17)10-6-4-3-5-7-15(25)26/h8-9,11H,3-7,10H2,1-2H3,(H,25,26)(H,21,22,28). The SMILES string of the molecule is CN(C)c1ccc2nc3c(=O)n(CCCCCCC(=O)O)c(=O)[nH]c3nc2c1. The van der Waals surface area contributed by atoms with Crippen LogP contribution in [0.15, 0.2) is 27.8 Å². The topological polar surface area (TPSA) is 121 Å². The van der Waals surface area contributed by atoms with E-state index >= 15 is 0 Å². The lowest BCUT2D eigenvalue weighted by Crippen LogP contribution is -2.35. The van der Waals surface area contributed by atoms with Gasteiger partial charge >= 0.3 is 11.7 Å². The molecule has 1 aromatic carbocycles. The number of rotatable bonds is 8. The molecule has 2 aromatic heterocycles. The first kappa shape index (κ1) is 19.5. The van der Waals surface area contributed by atoms with Gasteiger partial charge in [-0.3, -0.25) is 19.1 Å². The molecule has 3 aromatic rings. The van der Waals surface area contributed by atoms with E-state index in [0.717, 1.165) is 23.1 Å². The number of carboxylic acids is 1. The molecule has 28 heavy (non-hydrogen) atoms. The third kappa shape index (κ3) is 4.19. The van der Waals surface area contributed by atoms with Gasteiger partial charge in [-0.2, -0.15) is 0 Å². The molecule has 2 N–H and O–H groups in total. The molecule has 3 rings (SSSR count). The summed E-state index contributed by atoms with van der Waals surface area (Å²) in [5, 5.41) is 8.63. The van der Waals surface area contributed by atoms with Crippen molar-refractivity contribution in [1.29, 1.82) is 0 Å². The normalized spacial score (nSPS) is 11.2. The molecule has 9 heteroatoms. The molecule has 0 spiro atoms. The van der Waals surface area contributed by atoms with Crippen molar-refractivity contribution >= 4 is 33.9 Å². The second-order valence-electron chi connectivity index (χ2n) is 6.93. The number of unbranched alkanes of at least 4 members (excludes halogenated alkanes) is 3. The molecule has 0 aliphatic carbocycles. The summed E-state index contributed by atoms with van der Waals surface area (Å²) in [6.45, 7) is 0.260. The van der Waals surface area contributed by atoms with Crippen molar-refractivity contribution in [1.82, 2.24) is 19.5 Å². The van der Waals surface area contributed by atoms with Crippen molar-refractivity contribution in [3.63, 3.8) is 0 Å². The third-order valence-corrected chi connectivity index (χ3v) is 4.60. The maximum atomic E-state index is 12.7. The summed E-state index contributed by atoms with van der Waals surface area (Å²) < 4.78 is 1.13. The van der Waals surface area contributed by atoms with Crippen LogP contribution in [0.1, 0.15) is 32.1 Å². The lowest BCUT2D eigenvalue weighted by molar-refractivity contribution is -0.137. The number of nitrogens with zero attached hydrogens (tertiary/aromatic N) is 4. The molecule has 0 atom stereocenters. The van der Waals surface area contributed by atoms with Crippen LogP contribution >= 0.6 is 0 Å². The van der Waals surface area contributed by atoms with Gasteiger partial charge in [0.25, 0.3) is 5.56 Å². The summed E-state index contributed by atoms with van der Waals surface area (Å²) in [6, 6.07) is 5.54. The molecule has 0 radical (unpaired) electrons. The molecule has 9 nitrogen and oxygen atoms in total. The minimum atomic E-state index is -0.814. The molecular formula is C19H23N5O4. The van der Waals surface area contributed by atoms with E-state index in [0.29, 0.717) is 23.9 Å². The van der Waals surface area contributed by atoms with E-state index in [1.165, 1.54) is 0 Å². The van der Waals surface area contributed by atoms with Crippen LogP contribution < -0.4 is 16.1 Å². The number of hydrogen-bond acceptors (Lipinski definition) is 6. The molecule has 0 unspecified atom stereocenters. The summed E-state index contributed by atoms with van der Waals surface area (Å²) in [4.78, 5) is 49.0. The molecule has 148 valence electrons. The molecule has 0 saturated carbocycles. The Labute approximate surface area is 160 Å². The van der Waals surface area contributed by atoms with Crippen molar-refractivity contribution in [3.05, 3.63) is 39.0 Å². The maximum absolute atomic E-state index is 12.7. The highest BCUT2D eigenvalue weighted by atomic mass is 16.4. The van der Waals surface area contributed by atoms with E-state index in [2.05, 4.69) is 15.0 Å². The number of nitrogens with one attached hydrogen (secondary N) is 1. The number of benzene rings is 1. The van der Waals surface area contributed by atoms with E-state index in [-0.39, 0.29) is 24.1 Å². The molecule has 0 aliphatic rings. The van der Waals surface area contributed by atoms with Crippen LogP contribution in [0, 0.1) is 0 Å². The molecule has 0 bridgehead atoms. The van der Waals surface area contributed by atoms with Crippen molar-refractivity contribution in [2.75, 3.05) is 19.0 Å². The minimum Gasteiger partial charge on any atom is -0.481 e. The number of fused-ring (bicyclic) bond motifs is 2. The molecule has 0 aliphatic heterocycles. The van der Waals surface area contributed by atoms with Gasteiger partial charge in [-0.1, -0.05) is 12.8 Å². The van der Waals surface area contributed by atoms with Gasteiger partial charge in [-0.25, -0.2) is 14.8 Å².